The molecule has 4 N–H and O–H groups in total. The maximum absolute atomic E-state index is 14.8. The quantitative estimate of drug-likeness (QED) is 0.0943. The fourth-order valence-corrected chi connectivity index (χ4v) is 6.77. The fraction of sp³-hybridized carbons (Fsp3) is 0.256. The number of halogens is 8. The maximum Gasteiger partial charge on any atom is 0.573 e. The Balaban J connectivity index is 0.000000238. The maximum atomic E-state index is 14.8. The summed E-state index contributed by atoms with van der Waals surface area (Å²) in [5.41, 5.74) is 1.28. The Morgan fingerprint density at radius 3 is 1.29 bits per heavy atom. The van der Waals surface area contributed by atoms with E-state index in [0.717, 1.165) is 65.2 Å². The highest BCUT2D eigenvalue weighted by Gasteiger charge is 2.33. The first kappa shape index (κ1) is 46.9. The van der Waals surface area contributed by atoms with Gasteiger partial charge in [-0.25, -0.2) is 8.78 Å². The van der Waals surface area contributed by atoms with Crippen LogP contribution in [0.3, 0.4) is 0 Å². The topological polar surface area (TPSA) is 161 Å². The Hall–Kier alpha value is -7.12. The Morgan fingerprint density at radius 2 is 0.952 bits per heavy atom. The highest BCUT2D eigenvalue weighted by atomic mass is 19.4. The van der Waals surface area contributed by atoms with Crippen LogP contribution >= 0.6 is 0 Å². The van der Waals surface area contributed by atoms with E-state index in [-0.39, 0.29) is 74.2 Å². The highest BCUT2D eigenvalue weighted by Crippen LogP contribution is 2.36. The molecular weight excluding hydrogens is 852 g/mol. The number of hydrogen-bond donors (Lipinski definition) is 4. The third-order valence-electron chi connectivity index (χ3n) is 9.53. The van der Waals surface area contributed by atoms with E-state index in [1.165, 1.54) is 30.5 Å². The van der Waals surface area contributed by atoms with Gasteiger partial charge in [-0.3, -0.25) is 28.3 Å². The number of alkyl halides is 6. The summed E-state index contributed by atoms with van der Waals surface area (Å²) >= 11 is 0. The van der Waals surface area contributed by atoms with Crippen molar-refractivity contribution in [2.75, 3.05) is 13.1 Å². The van der Waals surface area contributed by atoms with Crippen LogP contribution < -0.4 is 20.1 Å². The van der Waals surface area contributed by atoms with Crippen LogP contribution in [-0.4, -0.2) is 68.8 Å². The summed E-state index contributed by atoms with van der Waals surface area (Å²) in [6.07, 6.45) is -9.48. The Morgan fingerprint density at radius 1 is 0.587 bits per heavy atom. The molecule has 6 aromatic rings. The largest absolute Gasteiger partial charge is 0.573 e. The van der Waals surface area contributed by atoms with Gasteiger partial charge in [-0.2, -0.15) is 0 Å². The summed E-state index contributed by atoms with van der Waals surface area (Å²) < 4.78 is 114. The molecule has 0 spiro atoms. The van der Waals surface area contributed by atoms with Crippen LogP contribution in [0.25, 0.3) is 21.8 Å². The molecule has 0 saturated carbocycles. The van der Waals surface area contributed by atoms with Gasteiger partial charge in [0.1, 0.15) is 11.5 Å². The summed E-state index contributed by atoms with van der Waals surface area (Å²) in [5, 5.41) is 24.7. The lowest BCUT2D eigenvalue weighted by Gasteiger charge is -2.11. The zero-order chi connectivity index (χ0) is 46.6. The lowest BCUT2D eigenvalue weighted by molar-refractivity contribution is -0.275. The van der Waals surface area contributed by atoms with Gasteiger partial charge in [-0.15, -0.1) is 26.3 Å². The molecule has 2 amide bonds. The summed E-state index contributed by atoms with van der Waals surface area (Å²) in [4.78, 5) is 50.6. The molecule has 6 rings (SSSR count). The number of phenols is 2. The minimum atomic E-state index is -4.87. The average molecular weight is 891 g/mol. The number of rotatable bonds is 11. The predicted octanol–water partition coefficient (Wildman–Crippen LogP) is 8.51. The minimum absolute atomic E-state index is 0.0209. The monoisotopic (exact) mass is 890 g/mol. The Labute approximate surface area is 352 Å². The van der Waals surface area contributed by atoms with Crippen molar-refractivity contribution in [3.8, 4) is 23.0 Å². The molecule has 334 valence electrons. The molecule has 20 heteroatoms. The number of carbonyl (C=O) groups is 4. The van der Waals surface area contributed by atoms with Gasteiger partial charge in [-0.1, -0.05) is 6.92 Å². The molecule has 0 radical (unpaired) electrons. The van der Waals surface area contributed by atoms with Crippen molar-refractivity contribution in [3.05, 3.63) is 118 Å². The molecule has 2 heterocycles. The van der Waals surface area contributed by atoms with Gasteiger partial charge >= 0.3 is 12.7 Å². The number of carbonyl (C=O) groups excluding carboxylic acids is 4. The zero-order valence-electron chi connectivity index (χ0n) is 33.7. The van der Waals surface area contributed by atoms with Crippen molar-refractivity contribution >= 4 is 45.4 Å². The Kier molecular flexibility index (Phi) is 14.1. The zero-order valence-corrected chi connectivity index (χ0v) is 33.7. The second kappa shape index (κ2) is 18.9. The molecule has 2 aromatic heterocycles. The van der Waals surface area contributed by atoms with E-state index in [1.807, 2.05) is 6.92 Å². The number of aromatic nitrogens is 2. The number of fused-ring (bicyclic) bond motifs is 2. The number of nitrogens with one attached hydrogen (secondary N) is 2. The van der Waals surface area contributed by atoms with Crippen LogP contribution in [-0.2, 0) is 22.4 Å². The lowest BCUT2D eigenvalue weighted by atomic mass is 10.1. The number of phenolic OH excluding ortho intramolecular Hbond substituents is 2. The number of nitrogens with zero attached hydrogens (tertiary/aromatic N) is 2. The van der Waals surface area contributed by atoms with E-state index < -0.39 is 65.1 Å². The number of likely N-dealkylation sites (N-methyl/N-ethyl adjacent to an activating group) is 1. The smallest absolute Gasteiger partial charge is 0.505 e. The Bertz CT molecular complexity index is 2690. The van der Waals surface area contributed by atoms with Gasteiger partial charge in [0.2, 0.25) is 11.8 Å². The van der Waals surface area contributed by atoms with Gasteiger partial charge in [0, 0.05) is 46.4 Å². The number of amides is 2. The molecule has 12 nitrogen and oxygen atoms in total. The van der Waals surface area contributed by atoms with Crippen LogP contribution in [0.1, 0.15) is 63.5 Å². The van der Waals surface area contributed by atoms with E-state index in [9.17, 15) is 64.5 Å². The van der Waals surface area contributed by atoms with Crippen molar-refractivity contribution in [1.82, 2.24) is 19.8 Å². The van der Waals surface area contributed by atoms with Crippen LogP contribution in [0.15, 0.2) is 72.8 Å². The van der Waals surface area contributed by atoms with Gasteiger partial charge in [-0.05, 0) is 111 Å². The first-order valence-corrected chi connectivity index (χ1v) is 18.9. The van der Waals surface area contributed by atoms with E-state index in [0.29, 0.717) is 19.5 Å². The van der Waals surface area contributed by atoms with E-state index in [1.54, 1.807) is 6.92 Å². The molecule has 0 atom stereocenters. The molecule has 0 unspecified atom stereocenters. The lowest BCUT2D eigenvalue weighted by Crippen LogP contribution is -2.26. The first-order valence-electron chi connectivity index (χ1n) is 18.9. The summed E-state index contributed by atoms with van der Waals surface area (Å²) in [5.74, 6) is -6.26. The third-order valence-corrected chi connectivity index (χ3v) is 9.53. The van der Waals surface area contributed by atoms with Crippen molar-refractivity contribution in [1.29, 1.82) is 0 Å². The van der Waals surface area contributed by atoms with Crippen LogP contribution in [0, 0.1) is 25.5 Å². The summed E-state index contributed by atoms with van der Waals surface area (Å²) in [6.45, 7) is 7.42. The van der Waals surface area contributed by atoms with Gasteiger partial charge in [0.15, 0.2) is 23.1 Å². The van der Waals surface area contributed by atoms with Crippen molar-refractivity contribution in [2.24, 2.45) is 0 Å². The highest BCUT2D eigenvalue weighted by molar-refractivity contribution is 6.06. The number of benzene rings is 4. The second-order valence-electron chi connectivity index (χ2n) is 13.8. The average Bonchev–Trinajstić information content (AvgIpc) is 3.65. The van der Waals surface area contributed by atoms with E-state index >= 15 is 0 Å². The normalized spacial score (nSPS) is 11.6. The molecule has 0 aliphatic rings. The van der Waals surface area contributed by atoms with Gasteiger partial charge in [0.25, 0.3) is 11.8 Å². The number of ether oxygens (including phenoxy) is 2. The first-order chi connectivity index (χ1) is 29.6. The SMILES string of the molecule is CCCNC(=O)Cc1c(C)n(C(=O)c2ccc(OC(F)(F)F)cc2)c2ccc(O)c(F)c12.CCNC(=O)Cc1c(C)n(C(=O)c2ccc(OC(F)(F)F)cc2)c2ccc(O)c(F)c12. The molecule has 4 aromatic carbocycles. The van der Waals surface area contributed by atoms with Crippen molar-refractivity contribution < 1.29 is 74.0 Å². The summed E-state index contributed by atoms with van der Waals surface area (Å²) in [6, 6.07) is 13.4. The second-order valence-corrected chi connectivity index (χ2v) is 13.8. The molecule has 0 aliphatic carbocycles. The molecule has 63 heavy (non-hydrogen) atoms. The van der Waals surface area contributed by atoms with Crippen molar-refractivity contribution in [2.45, 2.75) is 59.7 Å². The fourth-order valence-electron chi connectivity index (χ4n) is 6.77. The van der Waals surface area contributed by atoms with E-state index in [2.05, 4.69) is 20.1 Å². The van der Waals surface area contributed by atoms with Gasteiger partial charge < -0.3 is 30.3 Å². The van der Waals surface area contributed by atoms with Crippen LogP contribution in [0.2, 0.25) is 0 Å². The van der Waals surface area contributed by atoms with Crippen LogP contribution in [0.5, 0.6) is 23.0 Å². The van der Waals surface area contributed by atoms with Gasteiger partial charge in [0.05, 0.1) is 23.9 Å². The van der Waals surface area contributed by atoms with E-state index in [4.69, 9.17) is 0 Å². The molecule has 0 fully saturated rings. The minimum Gasteiger partial charge on any atom is -0.505 e. The summed E-state index contributed by atoms with van der Waals surface area (Å²) in [7, 11) is 0. The standard InChI is InChI=1S/C22H20F4N2O4.C21H18F4N2O4/c1-3-10-27-18(30)11-15-12(2)28(16-8-9-17(29)20(23)19(15)16)21(31)13-4-6-14(7-5-13)32-22(24,25)26;1-3-26-17(29)10-14-11(2)27(15-8-9-16(28)19(22)18(14)15)20(30)12-4-6-13(7-5-12)31-21(23,24)25/h4-9,29H,3,10-11H2,1-2H3,(H,27,30);4-9,28H,3,10H2,1-2H3,(H,26,29). The number of hydrogen-bond acceptors (Lipinski definition) is 8. The molecule has 0 saturated heterocycles. The number of aromatic hydroxyl groups is 2. The molecule has 0 bridgehead atoms. The molecular formula is C43H38F8N4O8. The third kappa shape index (κ3) is 10.7. The van der Waals surface area contributed by atoms with Crippen LogP contribution in [0.4, 0.5) is 35.1 Å². The molecule has 0 aliphatic heterocycles. The van der Waals surface area contributed by atoms with Crippen molar-refractivity contribution in [3.63, 3.8) is 0 Å². The predicted molar refractivity (Wildman–Crippen MR) is 212 cm³/mol.